The molecular weight excluding hydrogens is 322 g/mol. The molecular formula is C18H17N3O4. The highest BCUT2D eigenvalue weighted by Crippen LogP contribution is 2.35. The predicted molar refractivity (Wildman–Crippen MR) is 96.0 cm³/mol. The number of hydrogen-bond donors (Lipinski definition) is 1. The molecule has 0 atom stereocenters. The lowest BCUT2D eigenvalue weighted by Crippen LogP contribution is -1.97. The number of aryl methyl sites for hydroxylation is 1. The zero-order valence-electron chi connectivity index (χ0n) is 14.1. The van der Waals surface area contributed by atoms with E-state index in [1.165, 1.54) is 12.1 Å². The highest BCUT2D eigenvalue weighted by atomic mass is 16.6. The number of nitro groups is 1. The van der Waals surface area contributed by atoms with Crippen molar-refractivity contribution in [2.75, 3.05) is 19.5 Å². The van der Waals surface area contributed by atoms with Gasteiger partial charge in [-0.2, -0.15) is 0 Å². The van der Waals surface area contributed by atoms with Gasteiger partial charge in [-0.3, -0.25) is 15.1 Å². The number of hydrogen-bond acceptors (Lipinski definition) is 6. The summed E-state index contributed by atoms with van der Waals surface area (Å²) in [5.41, 5.74) is 3.20. The largest absolute Gasteiger partial charge is 0.493 e. The summed E-state index contributed by atoms with van der Waals surface area (Å²) in [6.45, 7) is 1.82. The highest BCUT2D eigenvalue weighted by molar-refractivity contribution is 5.95. The molecule has 3 rings (SSSR count). The average molecular weight is 339 g/mol. The molecule has 1 aromatic heterocycles. The van der Waals surface area contributed by atoms with Gasteiger partial charge in [0.15, 0.2) is 11.5 Å². The third-order valence-corrected chi connectivity index (χ3v) is 3.94. The van der Waals surface area contributed by atoms with Crippen molar-refractivity contribution >= 4 is 28.0 Å². The van der Waals surface area contributed by atoms with Crippen molar-refractivity contribution in [2.45, 2.75) is 6.92 Å². The molecule has 7 nitrogen and oxygen atoms in total. The lowest BCUT2D eigenvalue weighted by molar-refractivity contribution is -0.384. The smallest absolute Gasteiger partial charge is 0.269 e. The maximum Gasteiger partial charge on any atom is 0.269 e. The molecule has 0 saturated heterocycles. The molecule has 128 valence electrons. The van der Waals surface area contributed by atoms with E-state index >= 15 is 0 Å². The van der Waals surface area contributed by atoms with Crippen LogP contribution in [0.25, 0.3) is 10.9 Å². The molecule has 2 aromatic carbocycles. The number of nitrogens with one attached hydrogen (secondary N) is 1. The number of aromatic nitrogens is 1. The fraction of sp³-hybridized carbons (Fsp3) is 0.167. The minimum atomic E-state index is -0.407. The quantitative estimate of drug-likeness (QED) is 0.553. The van der Waals surface area contributed by atoms with Gasteiger partial charge in [0.25, 0.3) is 5.69 Å². The van der Waals surface area contributed by atoms with Gasteiger partial charge >= 0.3 is 0 Å². The molecule has 0 saturated carbocycles. The van der Waals surface area contributed by atoms with Gasteiger partial charge in [-0.15, -0.1) is 0 Å². The summed E-state index contributed by atoms with van der Waals surface area (Å²) in [5.74, 6) is 1.21. The summed E-state index contributed by atoms with van der Waals surface area (Å²) in [5, 5.41) is 15.0. The van der Waals surface area contributed by atoms with Gasteiger partial charge in [-0.1, -0.05) is 0 Å². The number of non-ortho nitro benzene ring substituents is 1. The number of anilines is 2. The summed E-state index contributed by atoms with van der Waals surface area (Å²) >= 11 is 0. The van der Waals surface area contributed by atoms with Crippen LogP contribution in [0.4, 0.5) is 17.1 Å². The van der Waals surface area contributed by atoms with E-state index in [2.05, 4.69) is 10.3 Å². The lowest BCUT2D eigenvalue weighted by Gasteiger charge is -2.14. The van der Waals surface area contributed by atoms with Gasteiger partial charge < -0.3 is 14.8 Å². The molecule has 25 heavy (non-hydrogen) atoms. The average Bonchev–Trinajstić information content (AvgIpc) is 2.62. The van der Waals surface area contributed by atoms with Crippen LogP contribution in [-0.4, -0.2) is 24.1 Å². The first kappa shape index (κ1) is 16.5. The normalized spacial score (nSPS) is 10.5. The summed E-state index contributed by atoms with van der Waals surface area (Å²) < 4.78 is 10.7. The third-order valence-electron chi connectivity index (χ3n) is 3.94. The van der Waals surface area contributed by atoms with Crippen LogP contribution in [0.3, 0.4) is 0 Å². The van der Waals surface area contributed by atoms with E-state index in [0.29, 0.717) is 11.5 Å². The van der Waals surface area contributed by atoms with Crippen LogP contribution in [0, 0.1) is 17.0 Å². The second-order valence-electron chi connectivity index (χ2n) is 5.46. The van der Waals surface area contributed by atoms with E-state index in [1.54, 1.807) is 26.5 Å². The number of pyridine rings is 1. The van der Waals surface area contributed by atoms with Crippen LogP contribution < -0.4 is 14.8 Å². The Hall–Kier alpha value is -3.35. The summed E-state index contributed by atoms with van der Waals surface area (Å²) in [6.07, 6.45) is 1.69. The molecule has 0 unspecified atom stereocenters. The molecule has 0 amide bonds. The fourth-order valence-electron chi connectivity index (χ4n) is 2.63. The molecule has 0 fully saturated rings. The highest BCUT2D eigenvalue weighted by Gasteiger charge is 2.12. The number of rotatable bonds is 5. The van der Waals surface area contributed by atoms with Crippen molar-refractivity contribution in [1.29, 1.82) is 0 Å². The molecule has 0 aliphatic heterocycles. The van der Waals surface area contributed by atoms with Crippen LogP contribution in [0.15, 0.2) is 42.6 Å². The molecule has 0 aliphatic carbocycles. The number of nitro benzene ring substituents is 1. The van der Waals surface area contributed by atoms with E-state index in [4.69, 9.17) is 9.47 Å². The fourth-order valence-corrected chi connectivity index (χ4v) is 2.63. The second kappa shape index (κ2) is 6.64. The lowest BCUT2D eigenvalue weighted by atomic mass is 10.1. The van der Waals surface area contributed by atoms with Crippen LogP contribution >= 0.6 is 0 Å². The topological polar surface area (TPSA) is 86.5 Å². The Bertz CT molecular complexity index is 956. The predicted octanol–water partition coefficient (Wildman–Crippen LogP) is 4.21. The molecule has 0 bridgehead atoms. The van der Waals surface area contributed by atoms with Crippen LogP contribution in [-0.2, 0) is 0 Å². The van der Waals surface area contributed by atoms with E-state index < -0.39 is 4.92 Å². The van der Waals surface area contributed by atoms with Crippen molar-refractivity contribution in [3.63, 3.8) is 0 Å². The standard InChI is InChI=1S/C18H17N3O4/c1-11-8-12(21(22)23)4-5-14(11)20-15-6-7-19-16-10-18(25-3)17(24-2)9-13(15)16/h4-10H,1-3H3,(H,19,20). The molecule has 0 aliphatic rings. The maximum absolute atomic E-state index is 10.9. The van der Waals surface area contributed by atoms with Crippen molar-refractivity contribution in [2.24, 2.45) is 0 Å². The Morgan fingerprint density at radius 1 is 1.04 bits per heavy atom. The summed E-state index contributed by atoms with van der Waals surface area (Å²) in [6, 6.07) is 10.2. The number of ether oxygens (including phenoxy) is 2. The molecule has 0 radical (unpaired) electrons. The van der Waals surface area contributed by atoms with Crippen LogP contribution in [0.2, 0.25) is 0 Å². The van der Waals surface area contributed by atoms with Gasteiger partial charge in [0.1, 0.15) is 0 Å². The first-order valence-electron chi connectivity index (χ1n) is 7.56. The Morgan fingerprint density at radius 2 is 1.76 bits per heavy atom. The van der Waals surface area contributed by atoms with E-state index in [-0.39, 0.29) is 5.69 Å². The summed E-state index contributed by atoms with van der Waals surface area (Å²) in [4.78, 5) is 14.8. The van der Waals surface area contributed by atoms with Crippen molar-refractivity contribution in [3.8, 4) is 11.5 Å². The maximum atomic E-state index is 10.9. The van der Waals surface area contributed by atoms with Crippen LogP contribution in [0.1, 0.15) is 5.56 Å². The number of methoxy groups -OCH3 is 2. The van der Waals surface area contributed by atoms with E-state index in [0.717, 1.165) is 27.8 Å². The van der Waals surface area contributed by atoms with E-state index in [9.17, 15) is 10.1 Å². The van der Waals surface area contributed by atoms with Gasteiger partial charge in [0, 0.05) is 41.2 Å². The number of fused-ring (bicyclic) bond motifs is 1. The monoisotopic (exact) mass is 339 g/mol. The Balaban J connectivity index is 2.06. The van der Waals surface area contributed by atoms with Crippen molar-refractivity contribution in [3.05, 3.63) is 58.3 Å². The second-order valence-corrected chi connectivity index (χ2v) is 5.46. The first-order valence-corrected chi connectivity index (χ1v) is 7.56. The zero-order chi connectivity index (χ0) is 18.0. The van der Waals surface area contributed by atoms with Crippen molar-refractivity contribution < 1.29 is 14.4 Å². The first-order chi connectivity index (χ1) is 12.0. The SMILES string of the molecule is COc1cc2nccc(Nc3ccc([N+](=O)[O-])cc3C)c2cc1OC. The van der Waals surface area contributed by atoms with Crippen molar-refractivity contribution in [1.82, 2.24) is 4.98 Å². The van der Waals surface area contributed by atoms with Gasteiger partial charge in [0.05, 0.1) is 24.7 Å². The number of benzene rings is 2. The molecule has 1 N–H and O–H groups in total. The minimum Gasteiger partial charge on any atom is -0.493 e. The third kappa shape index (κ3) is 3.16. The van der Waals surface area contributed by atoms with E-state index in [1.807, 2.05) is 25.1 Å². The van der Waals surface area contributed by atoms with Gasteiger partial charge in [0.2, 0.25) is 0 Å². The molecule has 3 aromatic rings. The number of nitrogens with zero attached hydrogens (tertiary/aromatic N) is 2. The molecule has 7 heteroatoms. The van der Waals surface area contributed by atoms with Crippen LogP contribution in [0.5, 0.6) is 11.5 Å². The Morgan fingerprint density at radius 3 is 2.40 bits per heavy atom. The molecule has 0 spiro atoms. The zero-order valence-corrected chi connectivity index (χ0v) is 14.1. The summed E-state index contributed by atoms with van der Waals surface area (Å²) in [7, 11) is 3.15. The van der Waals surface area contributed by atoms with Gasteiger partial charge in [-0.25, -0.2) is 0 Å². The molecule has 1 heterocycles. The minimum absolute atomic E-state index is 0.0639. The Kier molecular flexibility index (Phi) is 4.38. The Labute approximate surface area is 144 Å². The van der Waals surface area contributed by atoms with Gasteiger partial charge in [-0.05, 0) is 30.7 Å².